The molecule has 3 rings (SSSR count). The molecule has 0 radical (unpaired) electrons. The van der Waals surface area contributed by atoms with Gasteiger partial charge in [-0.1, -0.05) is 18.2 Å². The number of hydrogen-bond donors (Lipinski definition) is 1. The Kier molecular flexibility index (Phi) is 6.42. The molecular formula is C21H26FN3O3S. The molecule has 1 aliphatic heterocycles. The normalized spacial score (nSPS) is 13.7. The summed E-state index contributed by atoms with van der Waals surface area (Å²) in [6.45, 7) is 3.68. The molecule has 0 spiro atoms. The first kappa shape index (κ1) is 21.1. The van der Waals surface area contributed by atoms with Crippen molar-refractivity contribution in [2.45, 2.75) is 26.3 Å². The van der Waals surface area contributed by atoms with Gasteiger partial charge in [-0.2, -0.15) is 0 Å². The minimum atomic E-state index is -3.38. The van der Waals surface area contributed by atoms with Crippen LogP contribution in [0.25, 0.3) is 0 Å². The lowest BCUT2D eigenvalue weighted by atomic mass is 10.00. The lowest BCUT2D eigenvalue weighted by molar-refractivity contribution is -0.130. The summed E-state index contributed by atoms with van der Waals surface area (Å²) >= 11 is 0. The van der Waals surface area contributed by atoms with Crippen LogP contribution in [0.5, 0.6) is 0 Å². The topological polar surface area (TPSA) is 69.7 Å². The van der Waals surface area contributed by atoms with Crippen molar-refractivity contribution in [2.24, 2.45) is 0 Å². The van der Waals surface area contributed by atoms with Crippen molar-refractivity contribution < 1.29 is 17.6 Å². The molecular weight excluding hydrogens is 393 g/mol. The minimum absolute atomic E-state index is 0.0499. The molecule has 0 saturated carbocycles. The molecule has 1 N–H and O–H groups in total. The van der Waals surface area contributed by atoms with Crippen LogP contribution in [0.2, 0.25) is 0 Å². The van der Waals surface area contributed by atoms with Crippen LogP contribution in [0.3, 0.4) is 0 Å². The Morgan fingerprint density at radius 1 is 1.24 bits per heavy atom. The van der Waals surface area contributed by atoms with E-state index < -0.39 is 10.0 Å². The molecule has 1 heterocycles. The summed E-state index contributed by atoms with van der Waals surface area (Å²) in [6.07, 6.45) is 2.71. The van der Waals surface area contributed by atoms with Crippen LogP contribution >= 0.6 is 0 Å². The second kappa shape index (κ2) is 8.82. The molecule has 8 heteroatoms. The van der Waals surface area contributed by atoms with Crippen molar-refractivity contribution in [3.63, 3.8) is 0 Å². The number of rotatable bonds is 7. The van der Waals surface area contributed by atoms with Gasteiger partial charge in [-0.25, -0.2) is 12.8 Å². The van der Waals surface area contributed by atoms with Crippen LogP contribution in [0.15, 0.2) is 42.5 Å². The van der Waals surface area contributed by atoms with Crippen LogP contribution in [0.1, 0.15) is 24.5 Å². The van der Waals surface area contributed by atoms with E-state index in [1.165, 1.54) is 12.1 Å². The molecule has 2 aromatic carbocycles. The molecule has 0 saturated heterocycles. The van der Waals surface area contributed by atoms with E-state index in [0.717, 1.165) is 42.5 Å². The third-order valence-corrected chi connectivity index (χ3v) is 5.56. The van der Waals surface area contributed by atoms with E-state index in [0.29, 0.717) is 18.8 Å². The number of nitrogens with zero attached hydrogens (tertiary/aromatic N) is 2. The molecule has 0 aromatic heterocycles. The van der Waals surface area contributed by atoms with E-state index in [9.17, 15) is 17.6 Å². The Labute approximate surface area is 171 Å². The average molecular weight is 420 g/mol. The zero-order valence-corrected chi connectivity index (χ0v) is 17.5. The number of carbonyl (C=O) groups excluding carboxylic acids is 1. The highest BCUT2D eigenvalue weighted by Crippen LogP contribution is 2.33. The summed E-state index contributed by atoms with van der Waals surface area (Å²) in [5.74, 6) is -0.368. The quantitative estimate of drug-likeness (QED) is 0.749. The van der Waals surface area contributed by atoms with Gasteiger partial charge in [-0.3, -0.25) is 9.52 Å². The molecule has 1 amide bonds. The molecule has 6 nitrogen and oxygen atoms in total. The van der Waals surface area contributed by atoms with Crippen LogP contribution in [0.4, 0.5) is 15.8 Å². The molecule has 156 valence electrons. The van der Waals surface area contributed by atoms with Crippen LogP contribution < -0.4 is 9.62 Å². The molecule has 0 bridgehead atoms. The highest BCUT2D eigenvalue weighted by atomic mass is 32.2. The molecule has 0 aliphatic carbocycles. The standard InChI is InChI=1S/C21H26FN3O3S/c1-3-24(14-16-7-4-8-17(22)13-16)21(26)15-25-12-6-9-18-19(23-29(2,27)28)10-5-11-20(18)25/h4-5,7-8,10-11,13,23H,3,6,9,12,14-15H2,1-2H3. The van der Waals surface area contributed by atoms with Gasteiger partial charge in [-0.05, 0) is 55.2 Å². The van der Waals surface area contributed by atoms with Crippen LogP contribution in [0, 0.1) is 5.82 Å². The summed E-state index contributed by atoms with van der Waals surface area (Å²) in [5.41, 5.74) is 3.10. The highest BCUT2D eigenvalue weighted by molar-refractivity contribution is 7.92. The molecule has 1 aliphatic rings. The van der Waals surface area contributed by atoms with Gasteiger partial charge in [0.05, 0.1) is 18.5 Å². The van der Waals surface area contributed by atoms with Gasteiger partial charge in [0.15, 0.2) is 0 Å². The maximum absolute atomic E-state index is 13.5. The van der Waals surface area contributed by atoms with Crippen LogP contribution in [-0.2, 0) is 27.8 Å². The number of carbonyl (C=O) groups is 1. The fourth-order valence-corrected chi connectivity index (χ4v) is 4.25. The van der Waals surface area contributed by atoms with E-state index in [2.05, 4.69) is 4.72 Å². The summed E-state index contributed by atoms with van der Waals surface area (Å²) in [5, 5.41) is 0. The lowest BCUT2D eigenvalue weighted by Gasteiger charge is -2.33. The van der Waals surface area contributed by atoms with Crippen molar-refractivity contribution >= 4 is 27.3 Å². The summed E-state index contributed by atoms with van der Waals surface area (Å²) in [4.78, 5) is 16.6. The maximum atomic E-state index is 13.5. The maximum Gasteiger partial charge on any atom is 0.242 e. The third kappa shape index (κ3) is 5.47. The minimum Gasteiger partial charge on any atom is -0.362 e. The Balaban J connectivity index is 1.77. The molecule has 2 aromatic rings. The lowest BCUT2D eigenvalue weighted by Crippen LogP contribution is -2.42. The van der Waals surface area contributed by atoms with E-state index in [4.69, 9.17) is 0 Å². The van der Waals surface area contributed by atoms with Crippen molar-refractivity contribution in [2.75, 3.05) is 35.5 Å². The zero-order chi connectivity index (χ0) is 21.0. The van der Waals surface area contributed by atoms with Gasteiger partial charge in [0.2, 0.25) is 15.9 Å². The second-order valence-electron chi connectivity index (χ2n) is 7.24. The van der Waals surface area contributed by atoms with Crippen molar-refractivity contribution in [3.8, 4) is 0 Å². The first-order chi connectivity index (χ1) is 13.8. The van der Waals surface area contributed by atoms with Crippen LogP contribution in [-0.4, -0.2) is 45.1 Å². The zero-order valence-electron chi connectivity index (χ0n) is 16.7. The van der Waals surface area contributed by atoms with E-state index >= 15 is 0 Å². The van der Waals surface area contributed by atoms with Crippen molar-refractivity contribution in [3.05, 3.63) is 59.4 Å². The molecule has 0 unspecified atom stereocenters. The van der Waals surface area contributed by atoms with Crippen molar-refractivity contribution in [1.82, 2.24) is 4.90 Å². The van der Waals surface area contributed by atoms with E-state index in [1.54, 1.807) is 29.2 Å². The summed E-state index contributed by atoms with van der Waals surface area (Å²) in [6, 6.07) is 11.7. The number of benzene rings is 2. The number of halogens is 1. The smallest absolute Gasteiger partial charge is 0.242 e. The fraction of sp³-hybridized carbons (Fsp3) is 0.381. The van der Waals surface area contributed by atoms with Crippen molar-refractivity contribution in [1.29, 1.82) is 0 Å². The predicted molar refractivity (Wildman–Crippen MR) is 113 cm³/mol. The predicted octanol–water partition coefficient (Wildman–Crippen LogP) is 3.00. The van der Waals surface area contributed by atoms with Gasteiger partial charge < -0.3 is 9.80 Å². The summed E-state index contributed by atoms with van der Waals surface area (Å²) < 4.78 is 39.3. The second-order valence-corrected chi connectivity index (χ2v) is 8.99. The largest absolute Gasteiger partial charge is 0.362 e. The first-order valence-corrected chi connectivity index (χ1v) is 11.5. The number of fused-ring (bicyclic) bond motifs is 1. The van der Waals surface area contributed by atoms with E-state index in [-0.39, 0.29) is 18.3 Å². The highest BCUT2D eigenvalue weighted by Gasteiger charge is 2.24. The number of sulfonamides is 1. The number of amides is 1. The Hall–Kier alpha value is -2.61. The number of anilines is 2. The monoisotopic (exact) mass is 419 g/mol. The molecule has 0 atom stereocenters. The van der Waals surface area contributed by atoms with E-state index in [1.807, 2.05) is 17.9 Å². The fourth-order valence-electron chi connectivity index (χ4n) is 3.66. The van der Waals surface area contributed by atoms with Gasteiger partial charge >= 0.3 is 0 Å². The Morgan fingerprint density at radius 2 is 2.00 bits per heavy atom. The Bertz CT molecular complexity index is 994. The first-order valence-electron chi connectivity index (χ1n) is 9.63. The van der Waals surface area contributed by atoms with Gasteiger partial charge in [0.1, 0.15) is 5.82 Å². The average Bonchev–Trinajstić information content (AvgIpc) is 2.65. The molecule has 29 heavy (non-hydrogen) atoms. The number of nitrogens with one attached hydrogen (secondary N) is 1. The third-order valence-electron chi connectivity index (χ3n) is 4.97. The Morgan fingerprint density at radius 3 is 2.69 bits per heavy atom. The summed E-state index contributed by atoms with van der Waals surface area (Å²) in [7, 11) is -3.38. The number of likely N-dealkylation sites (N-methyl/N-ethyl adjacent to an activating group) is 1. The SMILES string of the molecule is CCN(Cc1cccc(F)c1)C(=O)CN1CCCc2c(NS(C)(=O)=O)cccc21. The molecule has 0 fully saturated rings. The van der Waals surface area contributed by atoms with Gasteiger partial charge in [0.25, 0.3) is 0 Å². The number of hydrogen-bond acceptors (Lipinski definition) is 4. The van der Waals surface area contributed by atoms with Gasteiger partial charge in [0, 0.05) is 25.3 Å². The van der Waals surface area contributed by atoms with Gasteiger partial charge in [-0.15, -0.1) is 0 Å².